The minimum atomic E-state index is -0.340. The summed E-state index contributed by atoms with van der Waals surface area (Å²) in [4.78, 5) is 25.4. The summed E-state index contributed by atoms with van der Waals surface area (Å²) in [5, 5.41) is 14.0. The van der Waals surface area contributed by atoms with Crippen LogP contribution in [-0.2, 0) is 0 Å². The van der Waals surface area contributed by atoms with Crippen molar-refractivity contribution in [3.05, 3.63) is 30.3 Å². The van der Waals surface area contributed by atoms with Gasteiger partial charge in [0, 0.05) is 44.7 Å². The van der Waals surface area contributed by atoms with Gasteiger partial charge in [-0.3, -0.25) is 0 Å². The van der Waals surface area contributed by atoms with Gasteiger partial charge in [0.25, 0.3) is 0 Å². The van der Waals surface area contributed by atoms with Crippen LogP contribution < -0.4 is 25.6 Å². The molecule has 1 aliphatic carbocycles. The lowest BCUT2D eigenvalue weighted by Crippen LogP contribution is -2.51. The number of hydrogen-bond acceptors (Lipinski definition) is 10. The van der Waals surface area contributed by atoms with Gasteiger partial charge in [-0.1, -0.05) is 0 Å². The Balaban J connectivity index is 1.29. The van der Waals surface area contributed by atoms with E-state index >= 15 is 0 Å². The number of β-amino-alcohol motifs (C(OH)–C–C–N with tert-alkyl or cyclic N) is 1. The third-order valence-electron chi connectivity index (χ3n) is 7.28. The molecular weight excluding hydrogens is 453 g/mol. The molecule has 35 heavy (non-hydrogen) atoms. The molecule has 0 spiro atoms. The summed E-state index contributed by atoms with van der Waals surface area (Å²) in [5.41, 5.74) is 8.10. The van der Waals surface area contributed by atoms with Gasteiger partial charge in [0.15, 0.2) is 5.75 Å². The van der Waals surface area contributed by atoms with Crippen LogP contribution in [0.15, 0.2) is 24.5 Å². The van der Waals surface area contributed by atoms with Gasteiger partial charge in [0.05, 0.1) is 35.1 Å². The number of aliphatic hydroxyl groups is 1. The van der Waals surface area contributed by atoms with Gasteiger partial charge in [-0.05, 0) is 24.0 Å². The minimum absolute atomic E-state index is 0.145. The Kier molecular flexibility index (Phi) is 4.33. The van der Waals surface area contributed by atoms with Crippen LogP contribution >= 0.6 is 0 Å². The van der Waals surface area contributed by atoms with Gasteiger partial charge in [-0.25, -0.2) is 14.4 Å². The third kappa shape index (κ3) is 3.24. The van der Waals surface area contributed by atoms with Crippen molar-refractivity contribution in [2.75, 3.05) is 48.3 Å². The van der Waals surface area contributed by atoms with Gasteiger partial charge in [0.2, 0.25) is 5.95 Å². The molecule has 0 amide bonds. The van der Waals surface area contributed by atoms with Crippen molar-refractivity contribution in [1.29, 1.82) is 0 Å². The molecule has 2 aliphatic heterocycles. The van der Waals surface area contributed by atoms with Crippen molar-refractivity contribution in [3.8, 4) is 11.8 Å². The number of ether oxygens (including phenoxy) is 1. The molecule has 7 rings (SSSR count). The van der Waals surface area contributed by atoms with Crippen molar-refractivity contribution in [1.82, 2.24) is 24.9 Å². The average Bonchev–Trinajstić information content (AvgIpc) is 3.18. The highest BCUT2D eigenvalue weighted by atomic mass is 19.1. The number of nitrogens with zero attached hydrogens (tertiary/aromatic N) is 6. The molecule has 0 bridgehead atoms. The number of aromatic nitrogens is 5. The number of nitrogens with two attached hydrogens (primary N) is 1. The molecule has 2 saturated heterocycles. The lowest BCUT2D eigenvalue weighted by atomic mass is 10.1. The fourth-order valence-electron chi connectivity index (χ4n) is 5.29. The lowest BCUT2D eigenvalue weighted by Gasteiger charge is -2.35. The van der Waals surface area contributed by atoms with Crippen LogP contribution in [0.1, 0.15) is 0 Å². The van der Waals surface area contributed by atoms with Gasteiger partial charge in [-0.2, -0.15) is 9.97 Å². The Morgan fingerprint density at radius 1 is 1.11 bits per heavy atom. The van der Waals surface area contributed by atoms with E-state index in [1.807, 2.05) is 4.90 Å². The van der Waals surface area contributed by atoms with Gasteiger partial charge in [-0.15, -0.1) is 0 Å². The van der Waals surface area contributed by atoms with Crippen LogP contribution in [0.3, 0.4) is 0 Å². The van der Waals surface area contributed by atoms with Gasteiger partial charge in [0.1, 0.15) is 17.3 Å². The fraction of sp³-hybridized carbons (Fsp3) is 0.391. The normalized spacial score (nSPS) is 23.6. The molecule has 3 fully saturated rings. The van der Waals surface area contributed by atoms with Crippen LogP contribution in [0.2, 0.25) is 0 Å². The fourth-order valence-corrected chi connectivity index (χ4v) is 5.29. The molecule has 12 heteroatoms. The summed E-state index contributed by atoms with van der Waals surface area (Å²) < 4.78 is 20.4. The second-order valence-corrected chi connectivity index (χ2v) is 9.49. The summed E-state index contributed by atoms with van der Waals surface area (Å²) in [5.74, 6) is 2.16. The van der Waals surface area contributed by atoms with E-state index in [1.54, 1.807) is 19.4 Å². The third-order valence-corrected chi connectivity index (χ3v) is 7.28. The quantitative estimate of drug-likeness (QED) is 0.334. The number of benzene rings is 1. The predicted octanol–water partition coefficient (Wildman–Crippen LogP) is 1.45. The van der Waals surface area contributed by atoms with Crippen LogP contribution in [0.5, 0.6) is 11.8 Å². The molecule has 4 aromatic rings. The maximum absolute atomic E-state index is 14.4. The van der Waals surface area contributed by atoms with E-state index in [0.717, 1.165) is 24.0 Å². The SMILES string of the molecule is CNc1cc(F)cc2c1[nH]c1nc(Oc3cnc(N4CC(O)C4)nc3)nc(N3CC4C(N)C4C3)c12. The number of rotatable bonds is 5. The van der Waals surface area contributed by atoms with Crippen LogP contribution in [0, 0.1) is 17.7 Å². The zero-order valence-electron chi connectivity index (χ0n) is 18.9. The van der Waals surface area contributed by atoms with E-state index in [0.29, 0.717) is 59.2 Å². The Morgan fingerprint density at radius 3 is 2.54 bits per heavy atom. The molecule has 180 valence electrons. The van der Waals surface area contributed by atoms with E-state index in [2.05, 4.69) is 30.2 Å². The molecular formula is C23H24FN9O2. The number of anilines is 3. The van der Waals surface area contributed by atoms with E-state index < -0.39 is 0 Å². The van der Waals surface area contributed by atoms with Gasteiger partial charge < -0.3 is 35.7 Å². The summed E-state index contributed by atoms with van der Waals surface area (Å²) in [6.45, 7) is 2.61. The first-order valence-corrected chi connectivity index (χ1v) is 11.6. The Labute approximate surface area is 199 Å². The van der Waals surface area contributed by atoms with Gasteiger partial charge >= 0.3 is 6.01 Å². The van der Waals surface area contributed by atoms with Crippen LogP contribution in [0.25, 0.3) is 21.9 Å². The second kappa shape index (κ2) is 7.36. The van der Waals surface area contributed by atoms with Crippen molar-refractivity contribution in [2.45, 2.75) is 12.1 Å². The highest BCUT2D eigenvalue weighted by Gasteiger charge is 2.54. The summed E-state index contributed by atoms with van der Waals surface area (Å²) in [7, 11) is 1.75. The molecule has 2 atom stereocenters. The average molecular weight is 478 g/mol. The maximum Gasteiger partial charge on any atom is 0.326 e. The summed E-state index contributed by atoms with van der Waals surface area (Å²) in [6.07, 6.45) is 2.78. The van der Waals surface area contributed by atoms with Crippen molar-refractivity contribution in [3.63, 3.8) is 0 Å². The molecule has 3 aromatic heterocycles. The highest BCUT2D eigenvalue weighted by molar-refractivity contribution is 6.14. The molecule has 1 saturated carbocycles. The van der Waals surface area contributed by atoms with Crippen molar-refractivity contribution < 1.29 is 14.2 Å². The molecule has 5 N–H and O–H groups in total. The zero-order valence-corrected chi connectivity index (χ0v) is 18.9. The van der Waals surface area contributed by atoms with E-state index in [1.165, 1.54) is 12.1 Å². The van der Waals surface area contributed by atoms with E-state index in [9.17, 15) is 9.50 Å². The second-order valence-electron chi connectivity index (χ2n) is 9.49. The monoisotopic (exact) mass is 477 g/mol. The molecule has 3 aliphatic rings. The maximum atomic E-state index is 14.4. The smallest absolute Gasteiger partial charge is 0.326 e. The Morgan fingerprint density at radius 2 is 1.86 bits per heavy atom. The first-order chi connectivity index (χ1) is 17.0. The number of nitrogens with one attached hydrogen (secondary N) is 2. The van der Waals surface area contributed by atoms with Crippen LogP contribution in [-0.4, -0.2) is 75.4 Å². The van der Waals surface area contributed by atoms with Crippen molar-refractivity contribution >= 4 is 39.4 Å². The minimum Gasteiger partial charge on any atom is -0.421 e. The van der Waals surface area contributed by atoms with E-state index in [4.69, 9.17) is 15.5 Å². The number of fused-ring (bicyclic) bond motifs is 4. The predicted molar refractivity (Wildman–Crippen MR) is 128 cm³/mol. The summed E-state index contributed by atoms with van der Waals surface area (Å²) in [6, 6.07) is 3.33. The summed E-state index contributed by atoms with van der Waals surface area (Å²) >= 11 is 0. The number of aromatic amines is 1. The van der Waals surface area contributed by atoms with Crippen molar-refractivity contribution in [2.24, 2.45) is 17.6 Å². The van der Waals surface area contributed by atoms with Crippen LogP contribution in [0.4, 0.5) is 21.8 Å². The largest absolute Gasteiger partial charge is 0.421 e. The topological polar surface area (TPSA) is 141 Å². The number of aliphatic hydroxyl groups excluding tert-OH is 1. The first-order valence-electron chi connectivity index (χ1n) is 11.6. The Hall–Kier alpha value is -3.77. The lowest BCUT2D eigenvalue weighted by molar-refractivity contribution is 0.140. The number of halogens is 1. The van der Waals surface area contributed by atoms with E-state index in [-0.39, 0.29) is 24.0 Å². The highest BCUT2D eigenvalue weighted by Crippen LogP contribution is 2.47. The number of H-pyrrole nitrogens is 1. The molecule has 1 aromatic carbocycles. The molecule has 11 nitrogen and oxygen atoms in total. The molecule has 0 radical (unpaired) electrons. The molecule has 2 unspecified atom stereocenters. The number of hydrogen-bond donors (Lipinski definition) is 4. The standard InChI is InChI=1S/C23H24FN9O2/c1-26-16-3-10(24)2-13-17-20(29-19(13)16)30-23(31-21(17)32-8-14-15(9-32)18(14)25)35-12-4-27-22(28-5-12)33-6-11(34)7-33/h2-5,11,14-15,18,26,34H,6-9,25H2,1H3,(H,29,30,31). The Bertz CT molecular complexity index is 1440. The molecule has 5 heterocycles. The number of piperidine rings is 1. The zero-order chi connectivity index (χ0) is 23.8. The first kappa shape index (κ1) is 20.6.